The molecule has 64 heavy (non-hydrogen) atoms. The van der Waals surface area contributed by atoms with E-state index in [1.165, 1.54) is 36.4 Å². The summed E-state index contributed by atoms with van der Waals surface area (Å²) in [6, 6.07) is 12.1. The van der Waals surface area contributed by atoms with Crippen molar-refractivity contribution in [3.05, 3.63) is 129 Å². The lowest BCUT2D eigenvalue weighted by Crippen LogP contribution is -2.08. The van der Waals surface area contributed by atoms with E-state index < -0.39 is 130 Å². The van der Waals surface area contributed by atoms with Crippen LogP contribution in [0.15, 0.2) is 48.5 Å². The lowest BCUT2D eigenvalue weighted by Gasteiger charge is -2.05. The zero-order valence-corrected chi connectivity index (χ0v) is 30.4. The average molecular weight is 875 g/mol. The molecule has 9 rings (SSSR count). The molecule has 0 fully saturated rings. The van der Waals surface area contributed by atoms with Gasteiger partial charge in [0.05, 0.1) is 39.4 Å². The highest BCUT2D eigenvalue weighted by atomic mass is 16.7. The summed E-state index contributed by atoms with van der Waals surface area (Å²) in [5.74, 6) is -2.81. The lowest BCUT2D eigenvalue weighted by atomic mass is 10.00. The molecule has 2 N–H and O–H groups in total. The molecular weight excluding hydrogens is 864 g/mol. The highest BCUT2D eigenvalue weighted by molar-refractivity contribution is 6.19. The molecule has 7 aromatic rings. The molecule has 2 aliphatic heterocycles. The monoisotopic (exact) mass is 874 g/mol. The maximum absolute atomic E-state index is 12.8. The van der Waals surface area contributed by atoms with E-state index >= 15 is 0 Å². The fourth-order valence-corrected chi connectivity index (χ4v) is 7.48. The van der Waals surface area contributed by atoms with Crippen LogP contribution in [0, 0.1) is 80.9 Å². The zero-order valence-electron chi connectivity index (χ0n) is 30.4. The summed E-state index contributed by atoms with van der Waals surface area (Å²) in [7, 11) is 0. The maximum Gasteiger partial charge on any atom is 0.430 e. The minimum atomic E-state index is -2.06. The van der Waals surface area contributed by atoms with Gasteiger partial charge in [0.1, 0.15) is 44.5 Å². The minimum absolute atomic E-state index is 0.0408. The Labute approximate surface area is 343 Å². The van der Waals surface area contributed by atoms with Crippen molar-refractivity contribution in [3.63, 3.8) is 0 Å². The number of hydrogen-bond donors (Lipinski definition) is 2. The SMILES string of the molecule is O=[N+]([O-])c1c2c(c([N+](=O)[O-])c([N+](=O)[O-])c1[N+](=O)[O-])-c1nc-2nc2[nH]c(nc3nc(nc4[nH]c(n1)c1c([N+](=O)[O-])c([N+](=O)[O-])c([N+](=O)[O-])c([N+](=O)[O-])c41)-c1ccccc1-3)c1ccccc21. The fraction of sp³-hybridized carbons (Fsp3) is 0. The third kappa shape index (κ3) is 5.42. The molecule has 314 valence electrons. The summed E-state index contributed by atoms with van der Waals surface area (Å²) in [5, 5.41) is 98.8. The quantitative estimate of drug-likeness (QED) is 0.128. The number of aromatic nitrogens is 8. The Morgan fingerprint density at radius 2 is 0.609 bits per heavy atom. The van der Waals surface area contributed by atoms with Gasteiger partial charge in [-0.25, -0.2) is 29.9 Å². The molecule has 2 aliphatic rings. The summed E-state index contributed by atoms with van der Waals surface area (Å²) in [5.41, 5.74) is -20.0. The van der Waals surface area contributed by atoms with Crippen molar-refractivity contribution in [3.8, 4) is 45.6 Å². The molecule has 8 bridgehead atoms. The Balaban J connectivity index is 1.66. The Kier molecular flexibility index (Phi) is 8.20. The van der Waals surface area contributed by atoms with Gasteiger partial charge in [-0.15, -0.1) is 0 Å². The molecule has 0 saturated heterocycles. The van der Waals surface area contributed by atoms with Gasteiger partial charge in [-0.05, 0) is 0 Å². The average Bonchev–Trinajstić information content (AvgIpc) is 3.97. The third-order valence-electron chi connectivity index (χ3n) is 9.79. The van der Waals surface area contributed by atoms with Crippen molar-refractivity contribution >= 4 is 89.6 Å². The van der Waals surface area contributed by atoms with Gasteiger partial charge < -0.3 is 9.97 Å². The predicted octanol–water partition coefficient (Wildman–Crippen LogP) is 6.13. The van der Waals surface area contributed by atoms with Crippen LogP contribution in [-0.4, -0.2) is 79.3 Å². The molecule has 0 spiro atoms. The number of nitrogens with one attached hydrogen (secondary N) is 2. The highest BCUT2D eigenvalue weighted by Gasteiger charge is 2.54. The van der Waals surface area contributed by atoms with Crippen molar-refractivity contribution in [1.82, 2.24) is 39.9 Å². The van der Waals surface area contributed by atoms with Gasteiger partial charge >= 0.3 is 45.5 Å². The van der Waals surface area contributed by atoms with E-state index in [9.17, 15) is 80.9 Å². The minimum Gasteiger partial charge on any atom is -0.324 e. The van der Waals surface area contributed by atoms with Crippen LogP contribution in [-0.2, 0) is 0 Å². The first kappa shape index (κ1) is 38.9. The second kappa shape index (κ2) is 13.5. The van der Waals surface area contributed by atoms with Crippen molar-refractivity contribution in [1.29, 1.82) is 0 Å². The lowest BCUT2D eigenvalue weighted by molar-refractivity contribution is -0.451. The number of hydrogen-bond acceptors (Lipinski definition) is 22. The number of nitro benzene ring substituents is 8. The molecule has 0 amide bonds. The normalized spacial score (nSPS) is 11.5. The Morgan fingerprint density at radius 3 is 0.984 bits per heavy atom. The number of rotatable bonds is 8. The van der Waals surface area contributed by atoms with Crippen LogP contribution in [0.3, 0.4) is 0 Å². The van der Waals surface area contributed by atoms with Gasteiger partial charge in [-0.1, -0.05) is 48.5 Å². The van der Waals surface area contributed by atoms with Crippen LogP contribution in [0.5, 0.6) is 0 Å². The van der Waals surface area contributed by atoms with Crippen molar-refractivity contribution in [2.75, 3.05) is 0 Å². The van der Waals surface area contributed by atoms with E-state index in [1.807, 2.05) is 0 Å². The molecule has 4 aromatic carbocycles. The highest BCUT2D eigenvalue weighted by Crippen LogP contribution is 2.57. The van der Waals surface area contributed by atoms with Crippen LogP contribution in [0.2, 0.25) is 0 Å². The molecule has 0 radical (unpaired) electrons. The molecule has 0 unspecified atom stereocenters. The van der Waals surface area contributed by atoms with Gasteiger partial charge in [0, 0.05) is 21.9 Å². The maximum atomic E-state index is 12.8. The molecule has 3 aromatic heterocycles. The summed E-state index contributed by atoms with van der Waals surface area (Å²) in [6.45, 7) is 0. The molecule has 5 heterocycles. The van der Waals surface area contributed by atoms with Crippen LogP contribution >= 0.6 is 0 Å². The molecule has 0 atom stereocenters. The fourth-order valence-electron chi connectivity index (χ4n) is 7.48. The molecule has 32 nitrogen and oxygen atoms in total. The van der Waals surface area contributed by atoms with Gasteiger partial charge in [-0.3, -0.25) is 80.9 Å². The second-order valence-electron chi connectivity index (χ2n) is 13.0. The van der Waals surface area contributed by atoms with E-state index in [0.29, 0.717) is 0 Å². The number of benzene rings is 4. The molecule has 0 aliphatic carbocycles. The number of nitrogens with zero attached hydrogens (tertiary/aromatic N) is 14. The van der Waals surface area contributed by atoms with E-state index in [-0.39, 0.29) is 44.8 Å². The summed E-state index contributed by atoms with van der Waals surface area (Å²) in [6.07, 6.45) is 0. The summed E-state index contributed by atoms with van der Waals surface area (Å²) in [4.78, 5) is 119. The Bertz CT molecular complexity index is 3680. The second-order valence-corrected chi connectivity index (χ2v) is 13.0. The number of H-pyrrole nitrogens is 2. The largest absolute Gasteiger partial charge is 0.430 e. The number of aromatic amines is 2. The van der Waals surface area contributed by atoms with Gasteiger partial charge in [0.2, 0.25) is 0 Å². The van der Waals surface area contributed by atoms with Crippen molar-refractivity contribution in [2.45, 2.75) is 0 Å². The smallest absolute Gasteiger partial charge is 0.324 e. The number of fused-ring (bicyclic) bond motifs is 20. The van der Waals surface area contributed by atoms with E-state index in [1.54, 1.807) is 12.1 Å². The van der Waals surface area contributed by atoms with E-state index in [4.69, 9.17) is 0 Å². The molecule has 0 saturated carbocycles. The standard InChI is InChI=1S/C32H10N16O16/c49-41(50)17-13-15(19(43(53)54)23(47(61)62)21(17)45(57)58)31-38-29(13)36-27-11-7-3-1-5-9(11)25(34-27)33-26-10-6-2-4-8-12(10)28(35-26)37-30-14-16(32(39-30)40-31)20(44(55)56)24(48(63)64)22(46(59)60)18(14)42(51)52/h1-8H,(H2,33,34,35,36,37,38,39,40). The van der Waals surface area contributed by atoms with Crippen molar-refractivity contribution in [2.24, 2.45) is 0 Å². The first-order chi connectivity index (χ1) is 30.4. The third-order valence-corrected chi connectivity index (χ3v) is 9.79. The van der Waals surface area contributed by atoms with Crippen molar-refractivity contribution < 1.29 is 39.4 Å². The van der Waals surface area contributed by atoms with E-state index in [0.717, 1.165) is 0 Å². The first-order valence-corrected chi connectivity index (χ1v) is 17.0. The number of nitro groups is 8. The van der Waals surface area contributed by atoms with Gasteiger partial charge in [0.15, 0.2) is 23.3 Å². The zero-order chi connectivity index (χ0) is 45.8. The van der Waals surface area contributed by atoms with Crippen LogP contribution in [0.4, 0.5) is 45.5 Å². The van der Waals surface area contributed by atoms with Crippen LogP contribution in [0.25, 0.3) is 89.7 Å². The Morgan fingerprint density at radius 1 is 0.328 bits per heavy atom. The summed E-state index contributed by atoms with van der Waals surface area (Å²) >= 11 is 0. The van der Waals surface area contributed by atoms with E-state index in [2.05, 4.69) is 39.9 Å². The van der Waals surface area contributed by atoms with Gasteiger partial charge in [-0.2, -0.15) is 0 Å². The van der Waals surface area contributed by atoms with Gasteiger partial charge in [0.25, 0.3) is 0 Å². The van der Waals surface area contributed by atoms with Crippen LogP contribution < -0.4 is 0 Å². The first-order valence-electron chi connectivity index (χ1n) is 17.0. The predicted molar refractivity (Wildman–Crippen MR) is 209 cm³/mol. The topological polar surface area (TPSA) is 454 Å². The van der Waals surface area contributed by atoms with Crippen LogP contribution in [0.1, 0.15) is 0 Å². The molecule has 32 heteroatoms. The Hall–Kier alpha value is -10.6. The molecular formula is C32H10N16O16. The summed E-state index contributed by atoms with van der Waals surface area (Å²) < 4.78 is 0.